The zero-order chi connectivity index (χ0) is 22.9. The third-order valence-corrected chi connectivity index (χ3v) is 5.02. The zero-order valence-electron chi connectivity index (χ0n) is 18.5. The van der Waals surface area contributed by atoms with Crippen LogP contribution in [0.1, 0.15) is 64.2 Å². The number of aromatic nitrogens is 4. The number of unbranched alkanes of at least 4 members (excludes halogenated alkanes) is 2. The number of nitrogens with one attached hydrogen (secondary N) is 1. The summed E-state index contributed by atoms with van der Waals surface area (Å²) in [5.41, 5.74) is -0.472. The SMILES string of the molecule is CSc1nnc(CC(C(=O)NCCCCCC(=O)OC(C)(C)C)c2nnc(SC)o2)o1. The fourth-order valence-corrected chi connectivity index (χ4v) is 3.21. The van der Waals surface area contributed by atoms with E-state index in [1.807, 2.05) is 33.3 Å². The molecule has 0 aliphatic rings. The standard InChI is InChI=1S/C19H29N5O5S2/c1-19(2,3)29-14(25)9-7-6-8-10-20-15(26)12(16-22-24-18(28-16)31-5)11-13-21-23-17(27-13)30-4/h12H,6-11H2,1-5H3,(H,20,26). The number of carbonyl (C=O) groups is 2. The van der Waals surface area contributed by atoms with Crippen molar-refractivity contribution in [2.24, 2.45) is 0 Å². The van der Waals surface area contributed by atoms with E-state index >= 15 is 0 Å². The van der Waals surface area contributed by atoms with Crippen molar-refractivity contribution < 1.29 is 23.2 Å². The lowest BCUT2D eigenvalue weighted by Crippen LogP contribution is -2.31. The van der Waals surface area contributed by atoms with Crippen molar-refractivity contribution in [3.8, 4) is 0 Å². The summed E-state index contributed by atoms with van der Waals surface area (Å²) in [5.74, 6) is -0.666. The molecule has 0 aromatic carbocycles. The Morgan fingerprint density at radius 3 is 2.29 bits per heavy atom. The largest absolute Gasteiger partial charge is 0.460 e. The molecule has 172 valence electrons. The molecule has 0 spiro atoms. The number of nitrogens with zero attached hydrogens (tertiary/aromatic N) is 4. The van der Waals surface area contributed by atoms with Crippen LogP contribution in [0.25, 0.3) is 0 Å². The van der Waals surface area contributed by atoms with Gasteiger partial charge in [0.15, 0.2) is 0 Å². The predicted molar refractivity (Wildman–Crippen MR) is 116 cm³/mol. The Bertz CT molecular complexity index is 849. The molecule has 2 heterocycles. The summed E-state index contributed by atoms with van der Waals surface area (Å²) >= 11 is 2.63. The molecule has 0 aliphatic heterocycles. The number of carbonyl (C=O) groups excluding carboxylic acids is 2. The minimum absolute atomic E-state index is 0.161. The molecular formula is C19H29N5O5S2. The highest BCUT2D eigenvalue weighted by molar-refractivity contribution is 7.98. The molecule has 0 radical (unpaired) electrons. The Labute approximate surface area is 190 Å². The summed E-state index contributed by atoms with van der Waals surface area (Å²) in [6.07, 6.45) is 6.39. The zero-order valence-corrected chi connectivity index (χ0v) is 20.1. The van der Waals surface area contributed by atoms with Gasteiger partial charge in [0.05, 0.1) is 0 Å². The second-order valence-corrected chi connectivity index (χ2v) is 9.24. The molecule has 2 aromatic rings. The summed E-state index contributed by atoms with van der Waals surface area (Å²) < 4.78 is 16.4. The molecule has 0 saturated heterocycles. The predicted octanol–water partition coefficient (Wildman–Crippen LogP) is 3.24. The van der Waals surface area contributed by atoms with Gasteiger partial charge < -0.3 is 18.9 Å². The van der Waals surface area contributed by atoms with Crippen LogP contribution in [0.5, 0.6) is 0 Å². The Balaban J connectivity index is 1.84. The van der Waals surface area contributed by atoms with Crippen LogP contribution in [0.15, 0.2) is 19.3 Å². The van der Waals surface area contributed by atoms with Crippen molar-refractivity contribution >= 4 is 35.4 Å². The lowest BCUT2D eigenvalue weighted by molar-refractivity contribution is -0.154. The maximum Gasteiger partial charge on any atom is 0.306 e. The first-order chi connectivity index (χ1) is 14.7. The molecule has 2 aromatic heterocycles. The van der Waals surface area contributed by atoms with Crippen molar-refractivity contribution in [3.63, 3.8) is 0 Å². The van der Waals surface area contributed by atoms with Gasteiger partial charge in [-0.25, -0.2) is 0 Å². The summed E-state index contributed by atoms with van der Waals surface area (Å²) in [6, 6.07) is 0. The molecule has 0 aliphatic carbocycles. The van der Waals surface area contributed by atoms with Gasteiger partial charge >= 0.3 is 5.97 Å². The van der Waals surface area contributed by atoms with Crippen LogP contribution in [0.4, 0.5) is 0 Å². The molecular weight excluding hydrogens is 442 g/mol. The minimum Gasteiger partial charge on any atom is -0.460 e. The monoisotopic (exact) mass is 471 g/mol. The Morgan fingerprint density at radius 2 is 1.68 bits per heavy atom. The summed E-state index contributed by atoms with van der Waals surface area (Å²) in [4.78, 5) is 24.5. The fraction of sp³-hybridized carbons (Fsp3) is 0.684. The maximum absolute atomic E-state index is 12.8. The van der Waals surface area contributed by atoms with Crippen LogP contribution in [0.2, 0.25) is 0 Å². The minimum atomic E-state index is -0.731. The normalized spacial score (nSPS) is 12.5. The van der Waals surface area contributed by atoms with Crippen LogP contribution in [-0.4, -0.2) is 56.9 Å². The number of esters is 1. The summed E-state index contributed by atoms with van der Waals surface area (Å²) in [5, 5.41) is 19.5. The number of hydrogen-bond acceptors (Lipinski definition) is 11. The second-order valence-electron chi connectivity index (χ2n) is 7.72. The third kappa shape index (κ3) is 8.90. The molecule has 1 atom stereocenters. The Morgan fingerprint density at radius 1 is 1.00 bits per heavy atom. The molecule has 2 rings (SSSR count). The fourth-order valence-electron chi connectivity index (χ4n) is 2.61. The van der Waals surface area contributed by atoms with Gasteiger partial charge in [-0.05, 0) is 46.1 Å². The van der Waals surface area contributed by atoms with Gasteiger partial charge in [-0.1, -0.05) is 29.9 Å². The van der Waals surface area contributed by atoms with Crippen molar-refractivity contribution in [3.05, 3.63) is 11.8 Å². The first kappa shape index (κ1) is 25.2. The van der Waals surface area contributed by atoms with E-state index in [9.17, 15) is 9.59 Å². The highest BCUT2D eigenvalue weighted by atomic mass is 32.2. The van der Waals surface area contributed by atoms with Crippen molar-refractivity contribution in [2.45, 2.75) is 74.8 Å². The van der Waals surface area contributed by atoms with Crippen LogP contribution < -0.4 is 5.32 Å². The van der Waals surface area contributed by atoms with Crippen molar-refractivity contribution in [1.29, 1.82) is 0 Å². The second kappa shape index (κ2) is 12.1. The lowest BCUT2D eigenvalue weighted by atomic mass is 10.0. The quantitative estimate of drug-likeness (QED) is 0.278. The van der Waals surface area contributed by atoms with E-state index in [0.29, 0.717) is 35.7 Å². The first-order valence-electron chi connectivity index (χ1n) is 9.95. The third-order valence-electron chi connectivity index (χ3n) is 3.99. The van der Waals surface area contributed by atoms with E-state index in [1.54, 1.807) is 0 Å². The lowest BCUT2D eigenvalue weighted by Gasteiger charge is -2.19. The van der Waals surface area contributed by atoms with E-state index in [2.05, 4.69) is 25.7 Å². The van der Waals surface area contributed by atoms with Crippen molar-refractivity contribution in [2.75, 3.05) is 19.1 Å². The van der Waals surface area contributed by atoms with E-state index in [0.717, 1.165) is 12.8 Å². The maximum atomic E-state index is 12.8. The van der Waals surface area contributed by atoms with Crippen LogP contribution in [0, 0.1) is 0 Å². The van der Waals surface area contributed by atoms with E-state index in [4.69, 9.17) is 13.6 Å². The molecule has 12 heteroatoms. The average Bonchev–Trinajstić information content (AvgIpc) is 3.36. The number of amides is 1. The van der Waals surface area contributed by atoms with Gasteiger partial charge in [0.2, 0.25) is 17.7 Å². The van der Waals surface area contributed by atoms with Gasteiger partial charge in [-0.15, -0.1) is 20.4 Å². The van der Waals surface area contributed by atoms with E-state index in [1.165, 1.54) is 23.5 Å². The molecule has 1 amide bonds. The topological polar surface area (TPSA) is 133 Å². The van der Waals surface area contributed by atoms with Crippen LogP contribution >= 0.6 is 23.5 Å². The highest BCUT2D eigenvalue weighted by Gasteiger charge is 2.29. The summed E-state index contributed by atoms with van der Waals surface area (Å²) in [6.45, 7) is 6.00. The van der Waals surface area contributed by atoms with Gasteiger partial charge in [-0.3, -0.25) is 9.59 Å². The smallest absolute Gasteiger partial charge is 0.306 e. The van der Waals surface area contributed by atoms with E-state index in [-0.39, 0.29) is 24.2 Å². The van der Waals surface area contributed by atoms with Gasteiger partial charge in [-0.2, -0.15) is 0 Å². The summed E-state index contributed by atoms with van der Waals surface area (Å²) in [7, 11) is 0. The molecule has 0 saturated carbocycles. The van der Waals surface area contributed by atoms with E-state index < -0.39 is 11.5 Å². The molecule has 0 bridgehead atoms. The number of hydrogen-bond donors (Lipinski definition) is 1. The van der Waals surface area contributed by atoms with Crippen LogP contribution in [0.3, 0.4) is 0 Å². The van der Waals surface area contributed by atoms with Crippen LogP contribution in [-0.2, 0) is 20.7 Å². The highest BCUT2D eigenvalue weighted by Crippen LogP contribution is 2.24. The van der Waals surface area contributed by atoms with Gasteiger partial charge in [0, 0.05) is 19.4 Å². The average molecular weight is 472 g/mol. The molecule has 1 N–H and O–H groups in total. The number of rotatable bonds is 12. The molecule has 10 nitrogen and oxygen atoms in total. The number of thioether (sulfide) groups is 2. The molecule has 0 fully saturated rings. The Kier molecular flexibility index (Phi) is 9.82. The first-order valence-corrected chi connectivity index (χ1v) is 12.4. The van der Waals surface area contributed by atoms with Gasteiger partial charge in [0.25, 0.3) is 10.4 Å². The number of ether oxygens (including phenoxy) is 1. The van der Waals surface area contributed by atoms with Gasteiger partial charge in [0.1, 0.15) is 11.5 Å². The Hall–Kier alpha value is -2.08. The molecule has 31 heavy (non-hydrogen) atoms. The molecule has 1 unspecified atom stereocenters. The van der Waals surface area contributed by atoms with Crippen molar-refractivity contribution in [1.82, 2.24) is 25.7 Å².